The van der Waals surface area contributed by atoms with Gasteiger partial charge < -0.3 is 5.11 Å². The Kier molecular flexibility index (Phi) is 4.59. The van der Waals surface area contributed by atoms with Crippen molar-refractivity contribution < 1.29 is 13.5 Å². The number of hydrogen-bond acceptors (Lipinski definition) is 4. The predicted molar refractivity (Wildman–Crippen MR) is 80.2 cm³/mol. The quantitative estimate of drug-likeness (QED) is 0.892. The molecule has 0 aliphatic carbocycles. The second-order valence-electron chi connectivity index (χ2n) is 4.59. The maximum atomic E-state index is 12.3. The Balaban J connectivity index is 2.17. The molecule has 1 unspecified atom stereocenters. The summed E-state index contributed by atoms with van der Waals surface area (Å²) in [4.78, 5) is 2.34. The Morgan fingerprint density at radius 3 is 2.35 bits per heavy atom. The van der Waals surface area contributed by atoms with Crippen molar-refractivity contribution in [3.05, 3.63) is 51.7 Å². The standard InChI is InChI=1S/C14H17NO3S2/c1-10-3-8-14(19-10)11(2)15-20(17,18)13-6-4-12(9-16)5-7-13/h3-8,11,15-16H,9H2,1-2H3. The molecule has 0 spiro atoms. The largest absolute Gasteiger partial charge is 0.392 e. The Hall–Kier alpha value is -1.21. The number of aryl methyl sites for hydroxylation is 1. The van der Waals surface area contributed by atoms with Gasteiger partial charge in [0.1, 0.15) is 0 Å². The van der Waals surface area contributed by atoms with Crippen LogP contribution in [0.15, 0.2) is 41.3 Å². The number of sulfonamides is 1. The third-order valence-corrected chi connectivity index (χ3v) is 5.68. The van der Waals surface area contributed by atoms with Crippen molar-refractivity contribution in [1.82, 2.24) is 4.72 Å². The van der Waals surface area contributed by atoms with Gasteiger partial charge in [-0.05, 0) is 43.7 Å². The molecule has 0 fully saturated rings. The van der Waals surface area contributed by atoms with E-state index in [9.17, 15) is 8.42 Å². The number of thiophene rings is 1. The molecule has 2 aromatic rings. The van der Waals surface area contributed by atoms with E-state index in [1.165, 1.54) is 12.1 Å². The first-order valence-electron chi connectivity index (χ1n) is 6.21. The van der Waals surface area contributed by atoms with Crippen molar-refractivity contribution in [2.24, 2.45) is 0 Å². The molecule has 108 valence electrons. The molecule has 0 radical (unpaired) electrons. The average molecular weight is 311 g/mol. The SMILES string of the molecule is Cc1ccc(C(C)NS(=O)(=O)c2ccc(CO)cc2)s1. The molecule has 0 bridgehead atoms. The van der Waals surface area contributed by atoms with Gasteiger partial charge >= 0.3 is 0 Å². The van der Waals surface area contributed by atoms with Crippen LogP contribution in [0.1, 0.15) is 28.3 Å². The first kappa shape index (κ1) is 15.2. The number of nitrogens with one attached hydrogen (secondary N) is 1. The lowest BCUT2D eigenvalue weighted by Gasteiger charge is -2.13. The van der Waals surface area contributed by atoms with Crippen LogP contribution in [0.2, 0.25) is 0 Å². The van der Waals surface area contributed by atoms with E-state index in [2.05, 4.69) is 4.72 Å². The summed E-state index contributed by atoms with van der Waals surface area (Å²) in [6, 6.07) is 9.85. The van der Waals surface area contributed by atoms with Gasteiger partial charge in [-0.25, -0.2) is 13.1 Å². The van der Waals surface area contributed by atoms with Crippen molar-refractivity contribution in [3.8, 4) is 0 Å². The van der Waals surface area contributed by atoms with Gasteiger partial charge in [-0.15, -0.1) is 11.3 Å². The van der Waals surface area contributed by atoms with Gasteiger partial charge in [0.05, 0.1) is 17.5 Å². The lowest BCUT2D eigenvalue weighted by Crippen LogP contribution is -2.26. The highest BCUT2D eigenvalue weighted by molar-refractivity contribution is 7.89. The summed E-state index contributed by atoms with van der Waals surface area (Å²) < 4.78 is 27.2. The molecule has 1 aromatic carbocycles. The average Bonchev–Trinajstić information content (AvgIpc) is 2.85. The molecular formula is C14H17NO3S2. The molecule has 0 saturated carbocycles. The lowest BCUT2D eigenvalue weighted by atomic mass is 10.2. The molecule has 1 heterocycles. The van der Waals surface area contributed by atoms with Crippen molar-refractivity contribution in [1.29, 1.82) is 0 Å². The van der Waals surface area contributed by atoms with E-state index in [1.807, 2.05) is 26.0 Å². The third-order valence-electron chi connectivity index (χ3n) is 2.94. The van der Waals surface area contributed by atoms with E-state index >= 15 is 0 Å². The van der Waals surface area contributed by atoms with Crippen molar-refractivity contribution in [2.45, 2.75) is 31.4 Å². The van der Waals surface area contributed by atoms with Crippen LogP contribution < -0.4 is 4.72 Å². The van der Waals surface area contributed by atoms with Crippen LogP contribution in [0.4, 0.5) is 0 Å². The molecule has 4 nitrogen and oxygen atoms in total. The van der Waals surface area contributed by atoms with E-state index in [1.54, 1.807) is 23.5 Å². The summed E-state index contributed by atoms with van der Waals surface area (Å²) >= 11 is 1.58. The lowest BCUT2D eigenvalue weighted by molar-refractivity contribution is 0.282. The summed E-state index contributed by atoms with van der Waals surface area (Å²) in [5.74, 6) is 0. The van der Waals surface area contributed by atoms with E-state index in [0.29, 0.717) is 5.56 Å². The molecule has 0 amide bonds. The fraction of sp³-hybridized carbons (Fsp3) is 0.286. The molecule has 2 rings (SSSR count). The second kappa shape index (κ2) is 6.05. The van der Waals surface area contributed by atoms with E-state index in [-0.39, 0.29) is 17.5 Å². The summed E-state index contributed by atoms with van der Waals surface area (Å²) in [5.41, 5.74) is 0.686. The van der Waals surface area contributed by atoms with Crippen LogP contribution in [-0.2, 0) is 16.6 Å². The van der Waals surface area contributed by atoms with E-state index in [0.717, 1.165) is 9.75 Å². The summed E-state index contributed by atoms with van der Waals surface area (Å²) in [6.07, 6.45) is 0. The molecule has 1 atom stereocenters. The zero-order valence-electron chi connectivity index (χ0n) is 11.3. The Morgan fingerprint density at radius 2 is 1.85 bits per heavy atom. The molecule has 0 aliphatic rings. The highest BCUT2D eigenvalue weighted by Gasteiger charge is 2.19. The molecule has 2 N–H and O–H groups in total. The first-order valence-corrected chi connectivity index (χ1v) is 8.51. The summed E-state index contributed by atoms with van der Waals surface area (Å²) in [7, 11) is -3.55. The number of rotatable bonds is 5. The highest BCUT2D eigenvalue weighted by atomic mass is 32.2. The van der Waals surface area contributed by atoms with Crippen LogP contribution in [0.25, 0.3) is 0 Å². The van der Waals surface area contributed by atoms with Crippen LogP contribution >= 0.6 is 11.3 Å². The molecule has 6 heteroatoms. The molecule has 20 heavy (non-hydrogen) atoms. The number of aliphatic hydroxyl groups excluding tert-OH is 1. The van der Waals surface area contributed by atoms with E-state index in [4.69, 9.17) is 5.11 Å². The zero-order valence-corrected chi connectivity index (χ0v) is 13.0. The first-order chi connectivity index (χ1) is 9.42. The van der Waals surface area contributed by atoms with Gasteiger partial charge in [-0.3, -0.25) is 0 Å². The summed E-state index contributed by atoms with van der Waals surface area (Å²) in [5, 5.41) is 8.96. The predicted octanol–water partition coefficient (Wildman–Crippen LogP) is 2.59. The summed E-state index contributed by atoms with van der Waals surface area (Å²) in [6.45, 7) is 3.71. The maximum absolute atomic E-state index is 12.3. The highest BCUT2D eigenvalue weighted by Crippen LogP contribution is 2.24. The molecular weight excluding hydrogens is 294 g/mol. The van der Waals surface area contributed by atoms with Gasteiger partial charge in [0, 0.05) is 9.75 Å². The topological polar surface area (TPSA) is 66.4 Å². The zero-order chi connectivity index (χ0) is 14.8. The fourth-order valence-corrected chi connectivity index (χ4v) is 4.00. The monoisotopic (exact) mass is 311 g/mol. The van der Waals surface area contributed by atoms with Gasteiger partial charge in [0.25, 0.3) is 0 Å². The Bertz CT molecular complexity index is 675. The molecule has 0 aliphatic heterocycles. The van der Waals surface area contributed by atoms with Gasteiger partial charge in [-0.1, -0.05) is 12.1 Å². The minimum atomic E-state index is -3.55. The van der Waals surface area contributed by atoms with E-state index < -0.39 is 10.0 Å². The van der Waals surface area contributed by atoms with Crippen molar-refractivity contribution in [3.63, 3.8) is 0 Å². The molecule has 0 saturated heterocycles. The number of aliphatic hydroxyl groups is 1. The van der Waals surface area contributed by atoms with Gasteiger partial charge in [0.15, 0.2) is 0 Å². The van der Waals surface area contributed by atoms with Gasteiger partial charge in [-0.2, -0.15) is 0 Å². The third kappa shape index (κ3) is 3.46. The maximum Gasteiger partial charge on any atom is 0.241 e. The van der Waals surface area contributed by atoms with Gasteiger partial charge in [0.2, 0.25) is 10.0 Å². The minimum absolute atomic E-state index is 0.0986. The van der Waals surface area contributed by atoms with Crippen LogP contribution in [0.5, 0.6) is 0 Å². The van der Waals surface area contributed by atoms with Crippen LogP contribution in [-0.4, -0.2) is 13.5 Å². The molecule has 1 aromatic heterocycles. The van der Waals surface area contributed by atoms with Crippen LogP contribution in [0.3, 0.4) is 0 Å². The second-order valence-corrected chi connectivity index (χ2v) is 7.63. The normalized spacial score (nSPS) is 13.3. The Labute approximate surface area is 123 Å². The van der Waals surface area contributed by atoms with Crippen molar-refractivity contribution in [2.75, 3.05) is 0 Å². The number of benzene rings is 1. The Morgan fingerprint density at radius 1 is 1.20 bits per heavy atom. The number of hydrogen-bond donors (Lipinski definition) is 2. The van der Waals surface area contributed by atoms with Crippen molar-refractivity contribution >= 4 is 21.4 Å². The smallest absolute Gasteiger partial charge is 0.241 e. The van der Waals surface area contributed by atoms with Crippen LogP contribution in [0, 0.1) is 6.92 Å². The fourth-order valence-electron chi connectivity index (χ4n) is 1.82. The minimum Gasteiger partial charge on any atom is -0.392 e.